The fourth-order valence-corrected chi connectivity index (χ4v) is 2.57. The SMILES string of the molecule is Cc1ccc(-c2cc(F)cc(C(=O)O)c2)c2ccccc12. The zero-order valence-corrected chi connectivity index (χ0v) is 11.4. The average Bonchev–Trinajstić information content (AvgIpc) is 2.47. The van der Waals surface area contributed by atoms with Crippen molar-refractivity contribution in [3.63, 3.8) is 0 Å². The van der Waals surface area contributed by atoms with E-state index in [0.29, 0.717) is 5.56 Å². The van der Waals surface area contributed by atoms with E-state index in [1.807, 2.05) is 43.3 Å². The number of hydrogen-bond donors (Lipinski definition) is 1. The summed E-state index contributed by atoms with van der Waals surface area (Å²) in [5.41, 5.74) is 2.49. The quantitative estimate of drug-likeness (QED) is 0.741. The number of halogens is 1. The van der Waals surface area contributed by atoms with Crippen LogP contribution in [0.4, 0.5) is 4.39 Å². The van der Waals surface area contributed by atoms with Gasteiger partial charge in [-0.1, -0.05) is 36.4 Å². The van der Waals surface area contributed by atoms with E-state index in [0.717, 1.165) is 28.0 Å². The molecule has 0 saturated heterocycles. The lowest BCUT2D eigenvalue weighted by Crippen LogP contribution is -1.98. The molecule has 0 heterocycles. The van der Waals surface area contributed by atoms with Crippen LogP contribution in [0.5, 0.6) is 0 Å². The first-order chi connectivity index (χ1) is 10.1. The summed E-state index contributed by atoms with van der Waals surface area (Å²) in [5, 5.41) is 11.1. The Bertz CT molecular complexity index is 853. The van der Waals surface area contributed by atoms with Gasteiger partial charge in [0.1, 0.15) is 5.82 Å². The molecule has 0 aliphatic carbocycles. The van der Waals surface area contributed by atoms with Gasteiger partial charge in [-0.3, -0.25) is 0 Å². The molecule has 0 aliphatic heterocycles. The van der Waals surface area contributed by atoms with Crippen LogP contribution < -0.4 is 0 Å². The second-order valence-corrected chi connectivity index (χ2v) is 5.01. The van der Waals surface area contributed by atoms with E-state index in [-0.39, 0.29) is 5.56 Å². The number of carboxylic acids is 1. The van der Waals surface area contributed by atoms with E-state index < -0.39 is 11.8 Å². The molecule has 3 heteroatoms. The fraction of sp³-hybridized carbons (Fsp3) is 0.0556. The van der Waals surface area contributed by atoms with Crippen molar-refractivity contribution in [2.75, 3.05) is 0 Å². The first kappa shape index (κ1) is 13.3. The molecule has 3 aromatic carbocycles. The molecule has 0 atom stereocenters. The van der Waals surface area contributed by atoms with Crippen molar-refractivity contribution < 1.29 is 14.3 Å². The maximum Gasteiger partial charge on any atom is 0.335 e. The Balaban J connectivity index is 2.31. The first-order valence-electron chi connectivity index (χ1n) is 6.59. The second-order valence-electron chi connectivity index (χ2n) is 5.01. The van der Waals surface area contributed by atoms with Gasteiger partial charge in [-0.25, -0.2) is 9.18 Å². The van der Waals surface area contributed by atoms with Crippen LogP contribution >= 0.6 is 0 Å². The fourth-order valence-electron chi connectivity index (χ4n) is 2.57. The molecule has 0 spiro atoms. The summed E-state index contributed by atoms with van der Waals surface area (Å²) in [7, 11) is 0. The number of carbonyl (C=O) groups is 1. The van der Waals surface area contributed by atoms with E-state index in [4.69, 9.17) is 5.11 Å². The molecule has 0 aliphatic rings. The molecule has 104 valence electrons. The van der Waals surface area contributed by atoms with Gasteiger partial charge >= 0.3 is 5.97 Å². The summed E-state index contributed by atoms with van der Waals surface area (Å²) < 4.78 is 13.7. The summed E-state index contributed by atoms with van der Waals surface area (Å²) in [6.07, 6.45) is 0. The Labute approximate surface area is 121 Å². The lowest BCUT2D eigenvalue weighted by molar-refractivity contribution is 0.0696. The molecular weight excluding hydrogens is 267 g/mol. The van der Waals surface area contributed by atoms with E-state index in [1.165, 1.54) is 12.1 Å². The molecule has 0 amide bonds. The van der Waals surface area contributed by atoms with Gasteiger partial charge in [-0.2, -0.15) is 0 Å². The Kier molecular flexibility index (Phi) is 3.18. The van der Waals surface area contributed by atoms with Crippen LogP contribution in [-0.4, -0.2) is 11.1 Å². The number of benzene rings is 3. The minimum absolute atomic E-state index is 0.0466. The third kappa shape index (κ3) is 2.38. The molecule has 0 radical (unpaired) electrons. The lowest BCUT2D eigenvalue weighted by atomic mass is 9.94. The van der Waals surface area contributed by atoms with E-state index >= 15 is 0 Å². The molecule has 3 aromatic rings. The average molecular weight is 280 g/mol. The summed E-state index contributed by atoms with van der Waals surface area (Å²) in [6.45, 7) is 2.01. The van der Waals surface area contributed by atoms with Crippen LogP contribution in [0.1, 0.15) is 15.9 Å². The maximum atomic E-state index is 13.7. The van der Waals surface area contributed by atoms with Crippen LogP contribution in [0.15, 0.2) is 54.6 Å². The number of fused-ring (bicyclic) bond motifs is 1. The molecular formula is C18H13FO2. The highest BCUT2D eigenvalue weighted by molar-refractivity contribution is 5.99. The first-order valence-corrected chi connectivity index (χ1v) is 6.59. The molecule has 21 heavy (non-hydrogen) atoms. The summed E-state index contributed by atoms with van der Waals surface area (Å²) in [5.74, 6) is -1.68. The van der Waals surface area contributed by atoms with Crippen molar-refractivity contribution in [3.8, 4) is 11.1 Å². The van der Waals surface area contributed by atoms with Crippen molar-refractivity contribution in [2.24, 2.45) is 0 Å². The normalized spacial score (nSPS) is 10.8. The smallest absolute Gasteiger partial charge is 0.335 e. The Morgan fingerprint density at radius 2 is 1.71 bits per heavy atom. The lowest BCUT2D eigenvalue weighted by Gasteiger charge is -2.10. The van der Waals surface area contributed by atoms with Gasteiger partial charge in [-0.05, 0) is 52.6 Å². The number of hydrogen-bond acceptors (Lipinski definition) is 1. The summed E-state index contributed by atoms with van der Waals surface area (Å²) in [6, 6.07) is 15.6. The Morgan fingerprint density at radius 1 is 1.00 bits per heavy atom. The minimum Gasteiger partial charge on any atom is -0.478 e. The van der Waals surface area contributed by atoms with Crippen LogP contribution in [0.25, 0.3) is 21.9 Å². The number of aromatic carboxylic acids is 1. The topological polar surface area (TPSA) is 37.3 Å². The van der Waals surface area contributed by atoms with Crippen LogP contribution in [0, 0.1) is 12.7 Å². The van der Waals surface area contributed by atoms with E-state index in [9.17, 15) is 9.18 Å². The predicted octanol–water partition coefficient (Wildman–Crippen LogP) is 4.65. The van der Waals surface area contributed by atoms with Gasteiger partial charge in [0.25, 0.3) is 0 Å². The predicted molar refractivity (Wildman–Crippen MR) is 81.0 cm³/mol. The second kappa shape index (κ2) is 5.02. The van der Waals surface area contributed by atoms with E-state index in [2.05, 4.69) is 0 Å². The van der Waals surface area contributed by atoms with Crippen molar-refractivity contribution in [2.45, 2.75) is 6.92 Å². The van der Waals surface area contributed by atoms with Gasteiger partial charge in [-0.15, -0.1) is 0 Å². The number of rotatable bonds is 2. The van der Waals surface area contributed by atoms with Gasteiger partial charge in [0.05, 0.1) is 5.56 Å². The molecule has 1 N–H and O–H groups in total. The van der Waals surface area contributed by atoms with Gasteiger partial charge in [0.2, 0.25) is 0 Å². The van der Waals surface area contributed by atoms with Crippen LogP contribution in [-0.2, 0) is 0 Å². The molecule has 3 rings (SSSR count). The highest BCUT2D eigenvalue weighted by Crippen LogP contribution is 2.31. The number of aryl methyl sites for hydroxylation is 1. The van der Waals surface area contributed by atoms with Crippen molar-refractivity contribution in [3.05, 3.63) is 71.5 Å². The molecule has 0 bridgehead atoms. The van der Waals surface area contributed by atoms with Crippen molar-refractivity contribution in [1.82, 2.24) is 0 Å². The summed E-state index contributed by atoms with van der Waals surface area (Å²) >= 11 is 0. The van der Waals surface area contributed by atoms with Gasteiger partial charge in [0.15, 0.2) is 0 Å². The molecule has 0 fully saturated rings. The van der Waals surface area contributed by atoms with Gasteiger partial charge in [0, 0.05) is 0 Å². The standard InChI is InChI=1S/C18H13FO2/c1-11-6-7-16(17-5-3-2-4-15(11)17)12-8-13(18(20)21)10-14(19)9-12/h2-10H,1H3,(H,20,21). The van der Waals surface area contributed by atoms with Crippen molar-refractivity contribution in [1.29, 1.82) is 0 Å². The molecule has 0 unspecified atom stereocenters. The van der Waals surface area contributed by atoms with E-state index in [1.54, 1.807) is 0 Å². The third-order valence-corrected chi connectivity index (χ3v) is 3.60. The molecule has 2 nitrogen and oxygen atoms in total. The highest BCUT2D eigenvalue weighted by atomic mass is 19.1. The minimum atomic E-state index is -1.13. The van der Waals surface area contributed by atoms with Crippen LogP contribution in [0.3, 0.4) is 0 Å². The molecule has 0 aromatic heterocycles. The number of carboxylic acid groups (broad SMARTS) is 1. The zero-order valence-electron chi connectivity index (χ0n) is 11.4. The third-order valence-electron chi connectivity index (χ3n) is 3.60. The monoisotopic (exact) mass is 280 g/mol. The van der Waals surface area contributed by atoms with Gasteiger partial charge < -0.3 is 5.11 Å². The molecule has 0 saturated carbocycles. The Morgan fingerprint density at radius 3 is 2.43 bits per heavy atom. The zero-order chi connectivity index (χ0) is 15.0. The Hall–Kier alpha value is -2.68. The highest BCUT2D eigenvalue weighted by Gasteiger charge is 2.11. The van der Waals surface area contributed by atoms with Crippen molar-refractivity contribution >= 4 is 16.7 Å². The largest absolute Gasteiger partial charge is 0.478 e. The van der Waals surface area contributed by atoms with Crippen LogP contribution in [0.2, 0.25) is 0 Å². The maximum absolute atomic E-state index is 13.7. The summed E-state index contributed by atoms with van der Waals surface area (Å²) in [4.78, 5) is 11.1.